The second-order valence-electron chi connectivity index (χ2n) is 5.63. The largest absolute Gasteiger partial charge is 0.449 e. The van der Waals surface area contributed by atoms with Crippen molar-refractivity contribution in [2.75, 3.05) is 36.9 Å². The van der Waals surface area contributed by atoms with Crippen molar-refractivity contribution in [3.8, 4) is 6.07 Å². The Morgan fingerprint density at radius 3 is 2.77 bits per heavy atom. The number of nitriles is 1. The number of carbonyl (C=O) groups excluding carboxylic acids is 1. The van der Waals surface area contributed by atoms with Crippen LogP contribution in [0.25, 0.3) is 0 Å². The lowest BCUT2D eigenvalue weighted by Crippen LogP contribution is -2.50. The molecule has 22 heavy (non-hydrogen) atoms. The number of carbonyl (C=O) groups is 1. The van der Waals surface area contributed by atoms with E-state index in [4.69, 9.17) is 15.7 Å². The fraction of sp³-hybridized carbons (Fsp3) is 0.533. The molecule has 2 fully saturated rings. The predicted octanol–water partition coefficient (Wildman–Crippen LogP) is 1.35. The smallest absolute Gasteiger partial charge is 0.410 e. The summed E-state index contributed by atoms with van der Waals surface area (Å²) in [5, 5.41) is 8.86. The molecule has 1 aromatic heterocycles. The summed E-state index contributed by atoms with van der Waals surface area (Å²) >= 11 is 0. The van der Waals surface area contributed by atoms with Gasteiger partial charge in [-0.3, -0.25) is 0 Å². The molecular formula is C15H19N5O2. The van der Waals surface area contributed by atoms with Gasteiger partial charge in [-0.2, -0.15) is 5.26 Å². The maximum Gasteiger partial charge on any atom is 0.410 e. The number of aromatic nitrogens is 1. The molecule has 1 amide bonds. The highest BCUT2D eigenvalue weighted by atomic mass is 16.6. The molecule has 2 aliphatic heterocycles. The Morgan fingerprint density at radius 2 is 2.14 bits per heavy atom. The van der Waals surface area contributed by atoms with Gasteiger partial charge in [0.05, 0.1) is 17.9 Å². The number of pyridine rings is 1. The van der Waals surface area contributed by atoms with E-state index in [0.29, 0.717) is 17.9 Å². The van der Waals surface area contributed by atoms with E-state index < -0.39 is 0 Å². The van der Waals surface area contributed by atoms with Crippen LogP contribution in [0.3, 0.4) is 0 Å². The SMILES string of the molecule is N#Cc1cnc(N2CCC(N3CCCOC3=O)CC2)c(N)c1. The molecule has 7 heteroatoms. The van der Waals surface area contributed by atoms with Crippen molar-refractivity contribution in [3.63, 3.8) is 0 Å². The molecule has 7 nitrogen and oxygen atoms in total. The van der Waals surface area contributed by atoms with Crippen LogP contribution in [-0.4, -0.2) is 48.3 Å². The summed E-state index contributed by atoms with van der Waals surface area (Å²) in [4.78, 5) is 20.1. The summed E-state index contributed by atoms with van der Waals surface area (Å²) in [6.07, 6.45) is 3.99. The molecule has 0 radical (unpaired) electrons. The summed E-state index contributed by atoms with van der Waals surface area (Å²) in [7, 11) is 0. The number of hydrogen-bond donors (Lipinski definition) is 1. The average Bonchev–Trinajstić information content (AvgIpc) is 2.55. The number of nitrogen functional groups attached to an aromatic ring is 1. The van der Waals surface area contributed by atoms with Gasteiger partial charge in [0.15, 0.2) is 5.82 Å². The zero-order chi connectivity index (χ0) is 15.5. The van der Waals surface area contributed by atoms with Gasteiger partial charge in [0.2, 0.25) is 0 Å². The summed E-state index contributed by atoms with van der Waals surface area (Å²) < 4.78 is 5.11. The monoisotopic (exact) mass is 301 g/mol. The molecule has 0 saturated carbocycles. The van der Waals surface area contributed by atoms with Crippen molar-refractivity contribution >= 4 is 17.6 Å². The van der Waals surface area contributed by atoms with Crippen LogP contribution in [0.2, 0.25) is 0 Å². The fourth-order valence-corrected chi connectivity index (χ4v) is 3.09. The normalized spacial score (nSPS) is 19.7. The lowest BCUT2D eigenvalue weighted by Gasteiger charge is -2.40. The van der Waals surface area contributed by atoms with Crippen LogP contribution in [-0.2, 0) is 4.74 Å². The summed E-state index contributed by atoms with van der Waals surface area (Å²) in [6.45, 7) is 2.88. The van der Waals surface area contributed by atoms with Crippen LogP contribution in [0.4, 0.5) is 16.3 Å². The first-order valence-electron chi connectivity index (χ1n) is 7.53. The van der Waals surface area contributed by atoms with E-state index >= 15 is 0 Å². The van der Waals surface area contributed by atoms with Crippen LogP contribution >= 0.6 is 0 Å². The first kappa shape index (κ1) is 14.4. The lowest BCUT2D eigenvalue weighted by molar-refractivity contribution is 0.0499. The van der Waals surface area contributed by atoms with Crippen LogP contribution in [0.15, 0.2) is 12.3 Å². The van der Waals surface area contributed by atoms with Crippen molar-refractivity contribution < 1.29 is 9.53 Å². The Bertz CT molecular complexity index is 604. The first-order chi connectivity index (χ1) is 10.7. The van der Waals surface area contributed by atoms with Crippen LogP contribution in [0, 0.1) is 11.3 Å². The number of cyclic esters (lactones) is 1. The maximum atomic E-state index is 11.8. The molecule has 0 bridgehead atoms. The van der Waals surface area contributed by atoms with Crippen LogP contribution < -0.4 is 10.6 Å². The van der Waals surface area contributed by atoms with Crippen molar-refractivity contribution in [3.05, 3.63) is 17.8 Å². The molecule has 3 heterocycles. The predicted molar refractivity (Wildman–Crippen MR) is 81.3 cm³/mol. The standard InChI is InChI=1S/C15H19N5O2/c16-9-11-8-13(17)14(18-10-11)19-5-2-12(3-6-19)20-4-1-7-22-15(20)21/h8,10,12H,1-7,17H2. The lowest BCUT2D eigenvalue weighted by atomic mass is 10.0. The molecule has 1 aromatic rings. The number of amides is 1. The highest BCUT2D eigenvalue weighted by molar-refractivity contribution is 5.69. The van der Waals surface area contributed by atoms with E-state index in [9.17, 15) is 4.79 Å². The Hall–Kier alpha value is -2.49. The Labute approximate surface area is 129 Å². The number of nitrogens with zero attached hydrogens (tertiary/aromatic N) is 4. The zero-order valence-corrected chi connectivity index (χ0v) is 12.4. The molecule has 0 spiro atoms. The second-order valence-corrected chi connectivity index (χ2v) is 5.63. The molecule has 2 N–H and O–H groups in total. The average molecular weight is 301 g/mol. The van der Waals surface area contributed by atoms with Gasteiger partial charge >= 0.3 is 6.09 Å². The second kappa shape index (κ2) is 6.10. The van der Waals surface area contributed by atoms with Gasteiger partial charge in [-0.05, 0) is 25.3 Å². The molecule has 0 atom stereocenters. The number of ether oxygens (including phenoxy) is 1. The van der Waals surface area contributed by atoms with E-state index in [0.717, 1.165) is 44.7 Å². The van der Waals surface area contributed by atoms with Gasteiger partial charge < -0.3 is 20.3 Å². The summed E-state index contributed by atoms with van der Waals surface area (Å²) in [6, 6.07) is 3.91. The molecule has 2 aliphatic rings. The minimum Gasteiger partial charge on any atom is -0.449 e. The summed E-state index contributed by atoms with van der Waals surface area (Å²) in [5.74, 6) is 0.721. The first-order valence-corrected chi connectivity index (χ1v) is 7.53. The number of anilines is 2. The molecule has 0 aromatic carbocycles. The van der Waals surface area contributed by atoms with Crippen molar-refractivity contribution in [1.29, 1.82) is 5.26 Å². The highest BCUT2D eigenvalue weighted by Gasteiger charge is 2.31. The fourth-order valence-electron chi connectivity index (χ4n) is 3.09. The minimum atomic E-state index is -0.194. The van der Waals surface area contributed by atoms with Crippen LogP contribution in [0.1, 0.15) is 24.8 Å². The van der Waals surface area contributed by atoms with E-state index in [-0.39, 0.29) is 12.1 Å². The maximum absolute atomic E-state index is 11.8. The van der Waals surface area contributed by atoms with E-state index in [1.165, 1.54) is 0 Å². The molecule has 0 unspecified atom stereocenters. The summed E-state index contributed by atoms with van der Waals surface area (Å²) in [5.41, 5.74) is 6.98. The molecule has 2 saturated heterocycles. The Balaban J connectivity index is 1.64. The number of nitrogens with two attached hydrogens (primary N) is 1. The van der Waals surface area contributed by atoms with Gasteiger partial charge in [-0.25, -0.2) is 9.78 Å². The molecular weight excluding hydrogens is 282 g/mol. The quantitative estimate of drug-likeness (QED) is 0.885. The van der Waals surface area contributed by atoms with Crippen molar-refractivity contribution in [1.82, 2.24) is 9.88 Å². The Kier molecular flexibility index (Phi) is 4.00. The topological polar surface area (TPSA) is 95.5 Å². The number of rotatable bonds is 2. The van der Waals surface area contributed by atoms with Gasteiger partial charge in [0.25, 0.3) is 0 Å². The van der Waals surface area contributed by atoms with Crippen molar-refractivity contribution in [2.45, 2.75) is 25.3 Å². The van der Waals surface area contributed by atoms with Crippen molar-refractivity contribution in [2.24, 2.45) is 0 Å². The molecule has 0 aliphatic carbocycles. The third-order valence-corrected chi connectivity index (χ3v) is 4.23. The molecule has 116 valence electrons. The van der Waals surface area contributed by atoms with Crippen LogP contribution in [0.5, 0.6) is 0 Å². The third-order valence-electron chi connectivity index (χ3n) is 4.23. The van der Waals surface area contributed by atoms with Gasteiger partial charge in [0, 0.05) is 31.9 Å². The Morgan fingerprint density at radius 1 is 1.36 bits per heavy atom. The number of hydrogen-bond acceptors (Lipinski definition) is 6. The van der Waals surface area contributed by atoms with Gasteiger partial charge in [-0.1, -0.05) is 0 Å². The molecule has 3 rings (SSSR count). The number of piperidine rings is 1. The van der Waals surface area contributed by atoms with E-state index in [2.05, 4.69) is 9.88 Å². The van der Waals surface area contributed by atoms with E-state index in [1.807, 2.05) is 11.0 Å². The van der Waals surface area contributed by atoms with E-state index in [1.54, 1.807) is 12.3 Å². The third kappa shape index (κ3) is 2.77. The zero-order valence-electron chi connectivity index (χ0n) is 12.4. The van der Waals surface area contributed by atoms with Gasteiger partial charge in [-0.15, -0.1) is 0 Å². The minimum absolute atomic E-state index is 0.194. The highest BCUT2D eigenvalue weighted by Crippen LogP contribution is 2.27. The van der Waals surface area contributed by atoms with Gasteiger partial charge in [0.1, 0.15) is 6.07 Å².